The van der Waals surface area contributed by atoms with Gasteiger partial charge in [0.15, 0.2) is 0 Å². The van der Waals surface area contributed by atoms with Gasteiger partial charge < -0.3 is 5.11 Å². The summed E-state index contributed by atoms with van der Waals surface area (Å²) >= 11 is 0. The van der Waals surface area contributed by atoms with Gasteiger partial charge in [-0.15, -0.1) is 0 Å². The fraction of sp³-hybridized carbons (Fsp3) is 0.231. The van der Waals surface area contributed by atoms with Crippen molar-refractivity contribution in [1.29, 1.82) is 0 Å². The number of aliphatic hydroxyl groups is 1. The third kappa shape index (κ3) is 3.01. The normalized spacial score (nSPS) is 13.1. The minimum absolute atomic E-state index is 0.695. The summed E-state index contributed by atoms with van der Waals surface area (Å²) in [6.07, 6.45) is 2.74. The Morgan fingerprint density at radius 1 is 1.29 bits per heavy atom. The quantitative estimate of drug-likeness (QED) is 0.818. The zero-order valence-electron chi connectivity index (χ0n) is 9.91. The summed E-state index contributed by atoms with van der Waals surface area (Å²) in [7, 11) is 0. The lowest BCUT2D eigenvalue weighted by Gasteiger charge is -2.00. The van der Waals surface area contributed by atoms with Crippen molar-refractivity contribution in [3.8, 4) is 5.69 Å². The highest BCUT2D eigenvalue weighted by Crippen LogP contribution is 2.08. The molecular weight excluding hydrogens is 214 g/mol. The Labute approximate surface area is 100 Å². The number of rotatable bonds is 3. The van der Waals surface area contributed by atoms with Crippen molar-refractivity contribution in [1.82, 2.24) is 9.78 Å². The Bertz CT molecular complexity index is 512. The van der Waals surface area contributed by atoms with Crippen molar-refractivity contribution in [3.63, 3.8) is 0 Å². The van der Waals surface area contributed by atoms with Gasteiger partial charge in [0, 0.05) is 6.20 Å². The maximum atomic E-state index is 9.04. The number of aromatic nitrogens is 2. The molecule has 0 aliphatic rings. The molecule has 0 spiro atoms. The van der Waals surface area contributed by atoms with Crippen LogP contribution < -0.4 is 0 Å². The minimum Gasteiger partial charge on any atom is -0.372 e. The Hall–Kier alpha value is -1.94. The molecule has 0 saturated carbocycles. The molecule has 1 heterocycles. The molecule has 1 aromatic heterocycles. The summed E-state index contributed by atoms with van der Waals surface area (Å²) in [4.78, 5) is 3.87. The molecule has 0 amide bonds. The van der Waals surface area contributed by atoms with Crippen LogP contribution in [-0.2, 0) is 0 Å². The van der Waals surface area contributed by atoms with Crippen LogP contribution >= 0.6 is 0 Å². The van der Waals surface area contributed by atoms with Gasteiger partial charge in [-0.1, -0.05) is 17.7 Å². The SMILES string of the molecule is Cc1ccc(-n2ccc(/C=N/C(C)O)n2)cc1. The van der Waals surface area contributed by atoms with Crippen molar-refractivity contribution in [2.45, 2.75) is 20.1 Å². The maximum Gasteiger partial charge on any atom is 0.142 e. The molecule has 4 heteroatoms. The molecule has 0 bridgehead atoms. The van der Waals surface area contributed by atoms with E-state index in [1.54, 1.807) is 17.8 Å². The van der Waals surface area contributed by atoms with Crippen molar-refractivity contribution in [3.05, 3.63) is 47.8 Å². The predicted octanol–water partition coefficient (Wildman–Crippen LogP) is 1.94. The summed E-state index contributed by atoms with van der Waals surface area (Å²) in [5, 5.41) is 13.4. The van der Waals surface area contributed by atoms with Crippen LogP contribution in [0, 0.1) is 6.92 Å². The van der Waals surface area contributed by atoms with E-state index in [-0.39, 0.29) is 0 Å². The first kappa shape index (κ1) is 11.5. The van der Waals surface area contributed by atoms with Gasteiger partial charge in [-0.25, -0.2) is 4.68 Å². The summed E-state index contributed by atoms with van der Waals surface area (Å²) < 4.78 is 1.78. The number of aryl methyl sites for hydroxylation is 1. The molecule has 0 radical (unpaired) electrons. The van der Waals surface area contributed by atoms with Gasteiger partial charge in [0.2, 0.25) is 0 Å². The summed E-state index contributed by atoms with van der Waals surface area (Å²) in [5.74, 6) is 0. The number of benzene rings is 1. The van der Waals surface area contributed by atoms with E-state index in [4.69, 9.17) is 5.11 Å². The summed E-state index contributed by atoms with van der Waals surface area (Å²) in [6, 6.07) is 9.96. The van der Waals surface area contributed by atoms with Gasteiger partial charge >= 0.3 is 0 Å². The number of nitrogens with zero attached hydrogens (tertiary/aromatic N) is 3. The lowest BCUT2D eigenvalue weighted by Crippen LogP contribution is -1.98. The molecule has 0 saturated heterocycles. The summed E-state index contributed by atoms with van der Waals surface area (Å²) in [6.45, 7) is 3.65. The van der Waals surface area contributed by atoms with Crippen molar-refractivity contribution < 1.29 is 5.11 Å². The molecule has 2 rings (SSSR count). The van der Waals surface area contributed by atoms with Crippen LogP contribution in [-0.4, -0.2) is 27.3 Å². The number of aliphatic imine (C=N–C) groups is 1. The predicted molar refractivity (Wildman–Crippen MR) is 67.6 cm³/mol. The van der Waals surface area contributed by atoms with E-state index in [1.807, 2.05) is 43.5 Å². The topological polar surface area (TPSA) is 50.4 Å². The lowest BCUT2D eigenvalue weighted by molar-refractivity contribution is 0.206. The molecule has 0 fully saturated rings. The van der Waals surface area contributed by atoms with Gasteiger partial charge in [-0.3, -0.25) is 4.99 Å². The second kappa shape index (κ2) is 4.93. The molecule has 1 atom stereocenters. The average molecular weight is 229 g/mol. The van der Waals surface area contributed by atoms with E-state index in [2.05, 4.69) is 10.1 Å². The fourth-order valence-electron chi connectivity index (χ4n) is 1.43. The Morgan fingerprint density at radius 2 is 2.00 bits per heavy atom. The highest BCUT2D eigenvalue weighted by atomic mass is 16.3. The molecule has 0 aliphatic heterocycles. The van der Waals surface area contributed by atoms with Gasteiger partial charge in [-0.2, -0.15) is 5.10 Å². The first-order chi connectivity index (χ1) is 8.15. The van der Waals surface area contributed by atoms with E-state index in [0.717, 1.165) is 11.4 Å². The van der Waals surface area contributed by atoms with Crippen LogP contribution in [0.2, 0.25) is 0 Å². The van der Waals surface area contributed by atoms with Crippen LogP contribution in [0.25, 0.3) is 5.69 Å². The lowest BCUT2D eigenvalue weighted by atomic mass is 10.2. The molecule has 17 heavy (non-hydrogen) atoms. The first-order valence-corrected chi connectivity index (χ1v) is 5.49. The molecule has 1 unspecified atom stereocenters. The molecule has 0 aliphatic carbocycles. The standard InChI is InChI=1S/C13H15N3O/c1-10-3-5-13(6-4-10)16-8-7-12(15-16)9-14-11(2)17/h3-9,11,17H,1-2H3/b14-9+. The molecule has 4 nitrogen and oxygen atoms in total. The molecule has 1 aromatic carbocycles. The van der Waals surface area contributed by atoms with Gasteiger partial charge in [0.05, 0.1) is 11.9 Å². The van der Waals surface area contributed by atoms with Crippen LogP contribution in [0.1, 0.15) is 18.2 Å². The zero-order valence-corrected chi connectivity index (χ0v) is 9.91. The molecule has 1 N–H and O–H groups in total. The van der Waals surface area contributed by atoms with E-state index in [1.165, 1.54) is 5.56 Å². The second-order valence-electron chi connectivity index (χ2n) is 3.93. The second-order valence-corrected chi connectivity index (χ2v) is 3.93. The fourth-order valence-corrected chi connectivity index (χ4v) is 1.43. The highest BCUT2D eigenvalue weighted by Gasteiger charge is 1.99. The first-order valence-electron chi connectivity index (χ1n) is 5.49. The smallest absolute Gasteiger partial charge is 0.142 e. The van der Waals surface area contributed by atoms with E-state index < -0.39 is 6.23 Å². The Kier molecular flexibility index (Phi) is 3.35. The Morgan fingerprint density at radius 3 is 2.65 bits per heavy atom. The van der Waals surface area contributed by atoms with Crippen LogP contribution in [0.4, 0.5) is 0 Å². The van der Waals surface area contributed by atoms with E-state index >= 15 is 0 Å². The molecule has 88 valence electrons. The van der Waals surface area contributed by atoms with Crippen LogP contribution in [0.5, 0.6) is 0 Å². The monoisotopic (exact) mass is 229 g/mol. The van der Waals surface area contributed by atoms with Gasteiger partial charge in [0.1, 0.15) is 11.9 Å². The third-order valence-electron chi connectivity index (χ3n) is 2.33. The Balaban J connectivity index is 2.21. The van der Waals surface area contributed by atoms with Crippen molar-refractivity contribution in [2.75, 3.05) is 0 Å². The summed E-state index contributed by atoms with van der Waals surface area (Å²) in [5.41, 5.74) is 2.95. The largest absolute Gasteiger partial charge is 0.372 e. The highest BCUT2D eigenvalue weighted by molar-refractivity contribution is 5.76. The number of hydrogen-bond donors (Lipinski definition) is 1. The third-order valence-corrected chi connectivity index (χ3v) is 2.33. The van der Waals surface area contributed by atoms with Crippen molar-refractivity contribution in [2.24, 2.45) is 4.99 Å². The number of hydrogen-bond acceptors (Lipinski definition) is 3. The van der Waals surface area contributed by atoms with Crippen molar-refractivity contribution >= 4 is 6.21 Å². The average Bonchev–Trinajstić information content (AvgIpc) is 2.76. The minimum atomic E-state index is -0.695. The van der Waals surface area contributed by atoms with E-state index in [9.17, 15) is 0 Å². The molecule has 2 aromatic rings. The molecular formula is C13H15N3O. The van der Waals surface area contributed by atoms with Crippen LogP contribution in [0.3, 0.4) is 0 Å². The number of aliphatic hydroxyl groups excluding tert-OH is 1. The zero-order chi connectivity index (χ0) is 12.3. The van der Waals surface area contributed by atoms with Crippen LogP contribution in [0.15, 0.2) is 41.5 Å². The van der Waals surface area contributed by atoms with E-state index in [0.29, 0.717) is 0 Å². The van der Waals surface area contributed by atoms with Gasteiger partial charge in [-0.05, 0) is 32.0 Å². The van der Waals surface area contributed by atoms with Gasteiger partial charge in [0.25, 0.3) is 0 Å². The maximum absolute atomic E-state index is 9.04.